The third-order valence-electron chi connectivity index (χ3n) is 3.99. The monoisotopic (exact) mass is 289 g/mol. The molecule has 21 heavy (non-hydrogen) atoms. The van der Waals surface area contributed by atoms with Crippen molar-refractivity contribution in [1.82, 2.24) is 0 Å². The van der Waals surface area contributed by atoms with Crippen LogP contribution in [0.15, 0.2) is 30.3 Å². The van der Waals surface area contributed by atoms with Crippen molar-refractivity contribution in [2.45, 2.75) is 44.8 Å². The number of nitrogens with two attached hydrogens (primary N) is 1. The first-order chi connectivity index (χ1) is 10.2. The van der Waals surface area contributed by atoms with Gasteiger partial charge in [-0.3, -0.25) is 9.59 Å². The second-order valence-electron chi connectivity index (χ2n) is 5.70. The van der Waals surface area contributed by atoms with E-state index in [9.17, 15) is 9.59 Å². The van der Waals surface area contributed by atoms with Gasteiger partial charge in [0.25, 0.3) is 0 Å². The van der Waals surface area contributed by atoms with Crippen molar-refractivity contribution in [2.24, 2.45) is 11.7 Å². The number of ketones is 2. The van der Waals surface area contributed by atoms with Gasteiger partial charge in [0.1, 0.15) is 12.4 Å². The van der Waals surface area contributed by atoms with E-state index in [1.165, 1.54) is 0 Å². The minimum absolute atomic E-state index is 0.0109. The summed E-state index contributed by atoms with van der Waals surface area (Å²) in [6.07, 6.45) is 3.99. The Balaban J connectivity index is 1.71. The maximum atomic E-state index is 12.0. The predicted molar refractivity (Wildman–Crippen MR) is 80.7 cm³/mol. The van der Waals surface area contributed by atoms with Crippen LogP contribution in [0.5, 0.6) is 0 Å². The lowest BCUT2D eigenvalue weighted by Gasteiger charge is -2.22. The van der Waals surface area contributed by atoms with Gasteiger partial charge < -0.3 is 10.5 Å². The number of Topliss-reactive ketones (excluding diaryl/α,β-unsaturated/α-hetero) is 2. The van der Waals surface area contributed by atoms with Crippen LogP contribution < -0.4 is 5.73 Å². The molecule has 0 radical (unpaired) electrons. The Morgan fingerprint density at radius 2 is 2.05 bits per heavy atom. The van der Waals surface area contributed by atoms with Crippen molar-refractivity contribution >= 4 is 11.6 Å². The highest BCUT2D eigenvalue weighted by Crippen LogP contribution is 2.24. The summed E-state index contributed by atoms with van der Waals surface area (Å²) >= 11 is 0. The number of carbonyl (C=O) groups is 2. The molecule has 1 aromatic rings. The van der Waals surface area contributed by atoms with Gasteiger partial charge in [-0.2, -0.15) is 0 Å². The van der Waals surface area contributed by atoms with Gasteiger partial charge in [-0.15, -0.1) is 0 Å². The molecule has 0 aliphatic heterocycles. The molecule has 2 rings (SSSR count). The van der Waals surface area contributed by atoms with Gasteiger partial charge in [-0.05, 0) is 24.8 Å². The molecule has 0 unspecified atom stereocenters. The van der Waals surface area contributed by atoms with E-state index in [4.69, 9.17) is 10.5 Å². The Kier molecular flexibility index (Phi) is 6.08. The first-order valence-electron chi connectivity index (χ1n) is 7.59. The lowest BCUT2D eigenvalue weighted by molar-refractivity contribution is -0.127. The van der Waals surface area contributed by atoms with Crippen LogP contribution >= 0.6 is 0 Å². The van der Waals surface area contributed by atoms with E-state index in [2.05, 4.69) is 0 Å². The van der Waals surface area contributed by atoms with Gasteiger partial charge in [0, 0.05) is 12.3 Å². The molecule has 2 N–H and O–H groups in total. The number of rotatable bonds is 7. The van der Waals surface area contributed by atoms with Crippen LogP contribution in [-0.4, -0.2) is 24.2 Å². The molecule has 0 aromatic heterocycles. The number of hydrogen-bond donors (Lipinski definition) is 1. The predicted octanol–water partition coefficient (Wildman–Crippen LogP) is 2.25. The molecule has 4 heteroatoms. The Hall–Kier alpha value is -1.52. The topological polar surface area (TPSA) is 69.4 Å². The van der Waals surface area contributed by atoms with Crippen molar-refractivity contribution in [2.75, 3.05) is 6.61 Å². The lowest BCUT2D eigenvalue weighted by Crippen LogP contribution is -2.37. The fourth-order valence-electron chi connectivity index (χ4n) is 2.69. The molecule has 2 atom stereocenters. The summed E-state index contributed by atoms with van der Waals surface area (Å²) in [6, 6.07) is 9.11. The van der Waals surface area contributed by atoms with Gasteiger partial charge in [0.2, 0.25) is 0 Å². The van der Waals surface area contributed by atoms with Gasteiger partial charge in [-0.1, -0.05) is 36.8 Å². The summed E-state index contributed by atoms with van der Waals surface area (Å²) in [5.74, 6) is 0.103. The van der Waals surface area contributed by atoms with Crippen molar-refractivity contribution in [3.05, 3.63) is 35.9 Å². The zero-order chi connectivity index (χ0) is 15.1. The highest BCUT2D eigenvalue weighted by atomic mass is 16.5. The smallest absolute Gasteiger partial charge is 0.175 e. The van der Waals surface area contributed by atoms with Crippen LogP contribution in [0.2, 0.25) is 0 Å². The average molecular weight is 289 g/mol. The molecule has 1 fully saturated rings. The molecule has 0 spiro atoms. The molecule has 0 amide bonds. The van der Waals surface area contributed by atoms with E-state index < -0.39 is 6.04 Å². The van der Waals surface area contributed by atoms with E-state index in [0.29, 0.717) is 19.4 Å². The van der Waals surface area contributed by atoms with Crippen LogP contribution in [0, 0.1) is 5.92 Å². The molecule has 1 saturated carbocycles. The molecular weight excluding hydrogens is 266 g/mol. The quantitative estimate of drug-likeness (QED) is 0.836. The fraction of sp³-hybridized carbons (Fsp3) is 0.529. The van der Waals surface area contributed by atoms with Crippen molar-refractivity contribution < 1.29 is 14.3 Å². The third-order valence-corrected chi connectivity index (χ3v) is 3.99. The van der Waals surface area contributed by atoms with E-state index in [1.54, 1.807) is 0 Å². The van der Waals surface area contributed by atoms with E-state index in [1.807, 2.05) is 30.3 Å². The highest BCUT2D eigenvalue weighted by Gasteiger charge is 2.26. The summed E-state index contributed by atoms with van der Waals surface area (Å²) in [6.45, 7) is 0.415. The van der Waals surface area contributed by atoms with E-state index >= 15 is 0 Å². The van der Waals surface area contributed by atoms with E-state index in [0.717, 1.165) is 24.8 Å². The Morgan fingerprint density at radius 3 is 2.76 bits per heavy atom. The molecular formula is C17H23NO3. The minimum atomic E-state index is -0.590. The summed E-state index contributed by atoms with van der Waals surface area (Å²) in [5, 5.41) is 0. The number of carbonyl (C=O) groups excluding carboxylic acids is 2. The molecule has 0 bridgehead atoms. The van der Waals surface area contributed by atoms with Gasteiger partial charge in [-0.25, -0.2) is 0 Å². The maximum Gasteiger partial charge on any atom is 0.175 e. The van der Waals surface area contributed by atoms with E-state index in [-0.39, 0.29) is 24.1 Å². The largest absolute Gasteiger partial charge is 0.369 e. The Labute approximate surface area is 125 Å². The third kappa shape index (κ3) is 5.06. The fourth-order valence-corrected chi connectivity index (χ4v) is 2.69. The van der Waals surface area contributed by atoms with Gasteiger partial charge >= 0.3 is 0 Å². The number of benzene rings is 1. The zero-order valence-corrected chi connectivity index (χ0v) is 12.3. The number of hydrogen-bond acceptors (Lipinski definition) is 4. The van der Waals surface area contributed by atoms with Crippen LogP contribution in [0.1, 0.15) is 37.7 Å². The summed E-state index contributed by atoms with van der Waals surface area (Å²) in [4.78, 5) is 23.7. The summed E-state index contributed by atoms with van der Waals surface area (Å²) in [5.41, 5.74) is 6.94. The standard InChI is InChI=1S/C17H23NO3/c18-15(10-14-8-4-5-9-16(14)19)17(20)12-21-11-13-6-2-1-3-7-13/h1-3,6-7,14-15H,4-5,8-12,18H2/t14-,15-/m0/s1. The zero-order valence-electron chi connectivity index (χ0n) is 12.3. The van der Waals surface area contributed by atoms with Crippen LogP contribution in [0.25, 0.3) is 0 Å². The maximum absolute atomic E-state index is 12.0. The molecule has 4 nitrogen and oxygen atoms in total. The molecule has 0 heterocycles. The normalized spacial score (nSPS) is 20.2. The average Bonchev–Trinajstić information content (AvgIpc) is 2.50. The van der Waals surface area contributed by atoms with Crippen LogP contribution in [0.3, 0.4) is 0 Å². The second-order valence-corrected chi connectivity index (χ2v) is 5.70. The first kappa shape index (κ1) is 15.9. The summed E-state index contributed by atoms with van der Waals surface area (Å²) in [7, 11) is 0. The molecule has 1 aliphatic rings. The molecule has 114 valence electrons. The lowest BCUT2D eigenvalue weighted by atomic mass is 9.83. The Morgan fingerprint density at radius 1 is 1.29 bits per heavy atom. The summed E-state index contributed by atoms with van der Waals surface area (Å²) < 4.78 is 5.40. The minimum Gasteiger partial charge on any atom is -0.369 e. The van der Waals surface area contributed by atoms with Crippen molar-refractivity contribution in [3.8, 4) is 0 Å². The number of ether oxygens (including phenoxy) is 1. The molecule has 0 saturated heterocycles. The SMILES string of the molecule is N[C@@H](C[C@@H]1CCCCC1=O)C(=O)COCc1ccccc1. The first-order valence-corrected chi connectivity index (χ1v) is 7.59. The van der Waals surface area contributed by atoms with Gasteiger partial charge in [0.15, 0.2) is 5.78 Å². The molecule has 1 aromatic carbocycles. The van der Waals surface area contributed by atoms with Crippen molar-refractivity contribution in [3.63, 3.8) is 0 Å². The molecule has 1 aliphatic carbocycles. The Bertz CT molecular complexity index is 472. The highest BCUT2D eigenvalue weighted by molar-refractivity contribution is 5.87. The van der Waals surface area contributed by atoms with Crippen molar-refractivity contribution in [1.29, 1.82) is 0 Å². The second kappa shape index (κ2) is 8.05. The van der Waals surface area contributed by atoms with Crippen LogP contribution in [-0.2, 0) is 20.9 Å². The van der Waals surface area contributed by atoms with Crippen LogP contribution in [0.4, 0.5) is 0 Å². The van der Waals surface area contributed by atoms with Gasteiger partial charge in [0.05, 0.1) is 12.6 Å².